The molecule has 3 N–H and O–H groups in total. The van der Waals surface area contributed by atoms with Crippen LogP contribution in [0.15, 0.2) is 54.6 Å². The van der Waals surface area contributed by atoms with Gasteiger partial charge in [0.2, 0.25) is 5.91 Å². The fraction of sp³-hybridized carbons (Fsp3) is 0.278. The van der Waals surface area contributed by atoms with Crippen molar-refractivity contribution in [2.24, 2.45) is 11.7 Å². The molecule has 0 heterocycles. The fourth-order valence-corrected chi connectivity index (χ4v) is 1.91. The fourth-order valence-electron chi connectivity index (χ4n) is 1.91. The van der Waals surface area contributed by atoms with Gasteiger partial charge in [0.25, 0.3) is 0 Å². The number of nitrogens with one attached hydrogen (secondary N) is 1. The molecule has 2 aromatic rings. The lowest BCUT2D eigenvalue weighted by molar-refractivity contribution is -0.124. The van der Waals surface area contributed by atoms with Crippen molar-refractivity contribution in [1.82, 2.24) is 5.32 Å². The number of para-hydroxylation sites is 1. The molecule has 0 spiro atoms. The number of nitrogens with two attached hydrogens (primary N) is 1. The molecule has 2 aromatic carbocycles. The third kappa shape index (κ3) is 6.30. The summed E-state index contributed by atoms with van der Waals surface area (Å²) in [4.78, 5) is 11.7. The van der Waals surface area contributed by atoms with Crippen LogP contribution in [0.3, 0.4) is 0 Å². The first-order chi connectivity index (χ1) is 10.7. The Balaban J connectivity index is 0.00000264. The van der Waals surface area contributed by atoms with Gasteiger partial charge in [0.05, 0.1) is 0 Å². The molecule has 124 valence electrons. The molecular weight excluding hydrogens is 312 g/mol. The van der Waals surface area contributed by atoms with Crippen LogP contribution >= 0.6 is 12.4 Å². The number of ether oxygens (including phenoxy) is 1. The number of amides is 1. The van der Waals surface area contributed by atoms with Crippen LogP contribution in [0.4, 0.5) is 0 Å². The number of hydrogen-bond donors (Lipinski definition) is 2. The maximum atomic E-state index is 11.7. The molecule has 0 radical (unpaired) electrons. The Labute approximate surface area is 143 Å². The molecule has 0 saturated carbocycles. The average Bonchev–Trinajstić information content (AvgIpc) is 2.59. The second kappa shape index (κ2) is 9.87. The average molecular weight is 335 g/mol. The van der Waals surface area contributed by atoms with Crippen molar-refractivity contribution in [2.45, 2.75) is 20.1 Å². The summed E-state index contributed by atoms with van der Waals surface area (Å²) in [5, 5.41) is 2.88. The van der Waals surface area contributed by atoms with E-state index < -0.39 is 0 Å². The highest BCUT2D eigenvalue weighted by molar-refractivity contribution is 5.85. The van der Waals surface area contributed by atoms with Crippen molar-refractivity contribution < 1.29 is 9.53 Å². The number of rotatable bonds is 7. The smallest absolute Gasteiger partial charge is 0.224 e. The summed E-state index contributed by atoms with van der Waals surface area (Å²) in [6.45, 7) is 3.23. The van der Waals surface area contributed by atoms with E-state index >= 15 is 0 Å². The summed E-state index contributed by atoms with van der Waals surface area (Å²) in [6, 6.07) is 17.7. The second-order valence-electron chi connectivity index (χ2n) is 5.27. The minimum absolute atomic E-state index is 0. The second-order valence-corrected chi connectivity index (χ2v) is 5.27. The minimum Gasteiger partial charge on any atom is -0.489 e. The molecule has 0 bridgehead atoms. The van der Waals surface area contributed by atoms with Crippen molar-refractivity contribution in [1.29, 1.82) is 0 Å². The van der Waals surface area contributed by atoms with Gasteiger partial charge in [0, 0.05) is 19.0 Å². The third-order valence-electron chi connectivity index (χ3n) is 3.44. The van der Waals surface area contributed by atoms with Crippen molar-refractivity contribution in [3.05, 3.63) is 65.7 Å². The number of carbonyl (C=O) groups is 1. The lowest BCUT2D eigenvalue weighted by Gasteiger charge is -2.10. The van der Waals surface area contributed by atoms with E-state index in [1.807, 2.05) is 61.5 Å². The zero-order valence-corrected chi connectivity index (χ0v) is 14.0. The van der Waals surface area contributed by atoms with Crippen molar-refractivity contribution in [2.75, 3.05) is 6.54 Å². The van der Waals surface area contributed by atoms with Crippen LogP contribution in [0.5, 0.6) is 5.75 Å². The maximum absolute atomic E-state index is 11.7. The van der Waals surface area contributed by atoms with E-state index in [4.69, 9.17) is 10.5 Å². The van der Waals surface area contributed by atoms with Crippen LogP contribution in [0.25, 0.3) is 0 Å². The number of halogens is 1. The topological polar surface area (TPSA) is 64.4 Å². The van der Waals surface area contributed by atoms with E-state index in [1.165, 1.54) is 0 Å². The molecule has 5 heteroatoms. The molecular formula is C18H23ClN2O2. The molecule has 2 rings (SSSR count). The van der Waals surface area contributed by atoms with E-state index in [0.29, 0.717) is 19.7 Å². The van der Waals surface area contributed by atoms with Gasteiger partial charge in [-0.15, -0.1) is 12.4 Å². The van der Waals surface area contributed by atoms with Crippen LogP contribution in [0, 0.1) is 5.92 Å². The Morgan fingerprint density at radius 3 is 2.30 bits per heavy atom. The highest BCUT2D eigenvalue weighted by atomic mass is 35.5. The Morgan fingerprint density at radius 1 is 1.09 bits per heavy atom. The molecule has 1 atom stereocenters. The Morgan fingerprint density at radius 2 is 1.70 bits per heavy atom. The SMILES string of the molecule is CC(CN)C(=O)NCc1ccc(COc2ccccc2)cc1.Cl. The van der Waals surface area contributed by atoms with E-state index in [1.54, 1.807) is 0 Å². The van der Waals surface area contributed by atoms with Crippen molar-refractivity contribution in [3.8, 4) is 5.75 Å². The largest absolute Gasteiger partial charge is 0.489 e. The Kier molecular flexibility index (Phi) is 8.16. The molecule has 1 amide bonds. The van der Waals surface area contributed by atoms with Gasteiger partial charge < -0.3 is 15.8 Å². The van der Waals surface area contributed by atoms with Crippen LogP contribution in [-0.2, 0) is 17.9 Å². The van der Waals surface area contributed by atoms with Gasteiger partial charge in [-0.3, -0.25) is 4.79 Å². The highest BCUT2D eigenvalue weighted by Gasteiger charge is 2.09. The van der Waals surface area contributed by atoms with Gasteiger partial charge in [-0.1, -0.05) is 49.4 Å². The van der Waals surface area contributed by atoms with Crippen LogP contribution in [0.1, 0.15) is 18.1 Å². The van der Waals surface area contributed by atoms with Gasteiger partial charge in [0.15, 0.2) is 0 Å². The first-order valence-corrected chi connectivity index (χ1v) is 7.42. The summed E-state index contributed by atoms with van der Waals surface area (Å²) in [6.07, 6.45) is 0. The number of benzene rings is 2. The lowest BCUT2D eigenvalue weighted by atomic mass is 10.1. The number of carbonyl (C=O) groups excluding carboxylic acids is 1. The Hall–Kier alpha value is -2.04. The number of hydrogen-bond acceptors (Lipinski definition) is 3. The lowest BCUT2D eigenvalue weighted by Crippen LogP contribution is -2.32. The van der Waals surface area contributed by atoms with Crippen molar-refractivity contribution >= 4 is 18.3 Å². The Bertz CT molecular complexity index is 588. The third-order valence-corrected chi connectivity index (χ3v) is 3.44. The van der Waals surface area contributed by atoms with Gasteiger partial charge >= 0.3 is 0 Å². The molecule has 0 aliphatic heterocycles. The van der Waals surface area contributed by atoms with Gasteiger partial charge in [-0.25, -0.2) is 0 Å². The minimum atomic E-state index is -0.154. The highest BCUT2D eigenvalue weighted by Crippen LogP contribution is 2.12. The van der Waals surface area contributed by atoms with Gasteiger partial charge in [-0.2, -0.15) is 0 Å². The molecule has 0 aliphatic carbocycles. The van der Waals surface area contributed by atoms with Crippen LogP contribution in [0.2, 0.25) is 0 Å². The summed E-state index contributed by atoms with van der Waals surface area (Å²) < 4.78 is 5.69. The standard InChI is InChI=1S/C18H22N2O2.ClH/c1-14(11-19)18(21)20-12-15-7-9-16(10-8-15)13-22-17-5-3-2-4-6-17;/h2-10,14H,11-13,19H2,1H3,(H,20,21);1H. The first kappa shape index (κ1) is 19.0. The summed E-state index contributed by atoms with van der Waals surface area (Å²) in [7, 11) is 0. The van der Waals surface area contributed by atoms with Crippen LogP contribution < -0.4 is 15.8 Å². The predicted octanol–water partition coefficient (Wildman–Crippen LogP) is 2.90. The van der Waals surface area contributed by atoms with Gasteiger partial charge in [-0.05, 0) is 23.3 Å². The molecule has 1 unspecified atom stereocenters. The van der Waals surface area contributed by atoms with E-state index in [9.17, 15) is 4.79 Å². The van der Waals surface area contributed by atoms with E-state index in [-0.39, 0.29) is 24.2 Å². The monoisotopic (exact) mass is 334 g/mol. The van der Waals surface area contributed by atoms with E-state index in [2.05, 4.69) is 5.32 Å². The molecule has 4 nitrogen and oxygen atoms in total. The van der Waals surface area contributed by atoms with Crippen molar-refractivity contribution in [3.63, 3.8) is 0 Å². The normalized spacial score (nSPS) is 11.2. The molecule has 0 fully saturated rings. The molecule has 0 aliphatic rings. The summed E-state index contributed by atoms with van der Waals surface area (Å²) >= 11 is 0. The predicted molar refractivity (Wildman–Crippen MR) is 94.5 cm³/mol. The van der Waals surface area contributed by atoms with Crippen LogP contribution in [-0.4, -0.2) is 12.5 Å². The molecule has 0 aromatic heterocycles. The quantitative estimate of drug-likeness (QED) is 0.818. The first-order valence-electron chi connectivity index (χ1n) is 7.42. The molecule has 23 heavy (non-hydrogen) atoms. The maximum Gasteiger partial charge on any atom is 0.224 e. The zero-order chi connectivity index (χ0) is 15.8. The van der Waals surface area contributed by atoms with Gasteiger partial charge in [0.1, 0.15) is 12.4 Å². The van der Waals surface area contributed by atoms with E-state index in [0.717, 1.165) is 16.9 Å². The zero-order valence-electron chi connectivity index (χ0n) is 13.2. The summed E-state index contributed by atoms with van der Waals surface area (Å²) in [5.74, 6) is 0.687. The summed E-state index contributed by atoms with van der Waals surface area (Å²) in [5.41, 5.74) is 7.62. The molecule has 0 saturated heterocycles.